The Hall–Kier alpha value is -2.85. The van der Waals surface area contributed by atoms with Gasteiger partial charge in [-0.2, -0.15) is 0 Å². The summed E-state index contributed by atoms with van der Waals surface area (Å²) in [5, 5.41) is 11.6. The van der Waals surface area contributed by atoms with Gasteiger partial charge in [-0.3, -0.25) is 19.5 Å². The fourth-order valence-corrected chi connectivity index (χ4v) is 3.79. The Balaban J connectivity index is 1.91. The van der Waals surface area contributed by atoms with Gasteiger partial charge in [0.25, 0.3) is 11.2 Å². The molecule has 3 aromatic carbocycles. The van der Waals surface area contributed by atoms with E-state index in [0.717, 1.165) is 8.04 Å². The van der Waals surface area contributed by atoms with Crippen LogP contribution in [-0.4, -0.2) is 14.5 Å². The van der Waals surface area contributed by atoms with Crippen molar-refractivity contribution in [3.63, 3.8) is 0 Å². The molecule has 1 heterocycles. The molecule has 0 aliphatic carbocycles. The number of benzene rings is 3. The lowest BCUT2D eigenvalue weighted by Gasteiger charge is -2.12. The van der Waals surface area contributed by atoms with Gasteiger partial charge < -0.3 is 0 Å². The van der Waals surface area contributed by atoms with E-state index in [1.54, 1.807) is 28.9 Å². The summed E-state index contributed by atoms with van der Waals surface area (Å²) in [6.45, 7) is 0. The van der Waals surface area contributed by atoms with E-state index >= 15 is 0 Å². The highest BCUT2D eigenvalue weighted by Crippen LogP contribution is 2.20. The zero-order valence-corrected chi connectivity index (χ0v) is 19.1. The molecule has 4 rings (SSSR count). The van der Waals surface area contributed by atoms with Crippen LogP contribution in [0.4, 0.5) is 5.69 Å². The van der Waals surface area contributed by atoms with E-state index in [-0.39, 0.29) is 11.2 Å². The van der Waals surface area contributed by atoms with Gasteiger partial charge in [0, 0.05) is 20.2 Å². The molecule has 0 fully saturated rings. The predicted molar refractivity (Wildman–Crippen MR) is 130 cm³/mol. The monoisotopic (exact) mass is 573 g/mol. The summed E-state index contributed by atoms with van der Waals surface area (Å²) in [4.78, 5) is 28.6. The summed E-state index contributed by atoms with van der Waals surface area (Å²) in [7, 11) is 0. The highest BCUT2D eigenvalue weighted by Gasteiger charge is 2.12. The molecule has 30 heavy (non-hydrogen) atoms. The van der Waals surface area contributed by atoms with Crippen LogP contribution in [0, 0.1) is 13.7 Å². The van der Waals surface area contributed by atoms with Crippen molar-refractivity contribution in [2.24, 2.45) is 0 Å². The molecule has 8 heteroatoms. The zero-order valence-electron chi connectivity index (χ0n) is 15.3. The minimum Gasteiger partial charge on any atom is -0.268 e. The molecule has 0 bridgehead atoms. The molecule has 4 aromatic rings. The van der Waals surface area contributed by atoms with Crippen molar-refractivity contribution < 1.29 is 4.92 Å². The molecule has 0 unspecified atom stereocenters. The van der Waals surface area contributed by atoms with Crippen molar-refractivity contribution in [3.8, 4) is 5.69 Å². The molecular formula is C22H13BrIN3O3. The number of non-ortho nitro benzene ring substituents is 1. The molecule has 148 valence electrons. The van der Waals surface area contributed by atoms with E-state index in [1.807, 2.05) is 42.5 Å². The first-order valence-electron chi connectivity index (χ1n) is 8.83. The molecule has 0 aliphatic rings. The molecule has 0 atom stereocenters. The minimum absolute atomic E-state index is 0.00324. The third-order valence-electron chi connectivity index (χ3n) is 4.45. The van der Waals surface area contributed by atoms with E-state index in [2.05, 4.69) is 43.5 Å². The maximum absolute atomic E-state index is 13.3. The smallest absolute Gasteiger partial charge is 0.268 e. The van der Waals surface area contributed by atoms with Gasteiger partial charge in [-0.1, -0.05) is 34.1 Å². The van der Waals surface area contributed by atoms with Gasteiger partial charge in [0.2, 0.25) is 0 Å². The number of nitrogens with zero attached hydrogens (tertiary/aromatic N) is 3. The maximum Gasteiger partial charge on any atom is 0.270 e. The molecule has 0 N–H and O–H groups in total. The van der Waals surface area contributed by atoms with E-state index in [0.29, 0.717) is 28.0 Å². The standard InChI is InChI=1S/C22H13BrIN3O3/c23-15-5-8-17(9-6-15)26-21(11-4-14-2-1-3-18(12-14)27(29)30)25-20-10-7-16(24)13-19(20)22(26)28/h1-13H. The van der Waals surface area contributed by atoms with Crippen molar-refractivity contribution in [1.82, 2.24) is 9.55 Å². The molecule has 0 spiro atoms. The predicted octanol–water partition coefficient (Wildman–Crippen LogP) is 5.83. The highest BCUT2D eigenvalue weighted by molar-refractivity contribution is 14.1. The van der Waals surface area contributed by atoms with E-state index in [4.69, 9.17) is 0 Å². The Kier molecular flexibility index (Phi) is 5.78. The van der Waals surface area contributed by atoms with Crippen molar-refractivity contribution in [1.29, 1.82) is 0 Å². The number of hydrogen-bond donors (Lipinski definition) is 0. The van der Waals surface area contributed by atoms with Crippen LogP contribution in [0.3, 0.4) is 0 Å². The zero-order chi connectivity index (χ0) is 21.3. The average Bonchev–Trinajstić information content (AvgIpc) is 2.74. The Bertz CT molecular complexity index is 1360. The summed E-state index contributed by atoms with van der Waals surface area (Å²) in [5.74, 6) is 0.433. The van der Waals surface area contributed by atoms with Crippen molar-refractivity contribution in [2.45, 2.75) is 0 Å². The Labute approximate surface area is 193 Å². The number of hydrogen-bond acceptors (Lipinski definition) is 4. The summed E-state index contributed by atoms with van der Waals surface area (Å²) in [5.41, 5.74) is 1.73. The van der Waals surface area contributed by atoms with Gasteiger partial charge in [0.05, 0.1) is 21.5 Å². The number of fused-ring (bicyclic) bond motifs is 1. The molecule has 1 aromatic heterocycles. The van der Waals surface area contributed by atoms with Gasteiger partial charge in [0.15, 0.2) is 0 Å². The SMILES string of the molecule is O=c1c2cc(I)ccc2nc(C=Cc2cccc([N+](=O)[O-])c2)n1-c1ccc(Br)cc1. The van der Waals surface area contributed by atoms with Crippen LogP contribution in [-0.2, 0) is 0 Å². The lowest BCUT2D eigenvalue weighted by molar-refractivity contribution is -0.384. The maximum atomic E-state index is 13.3. The van der Waals surface area contributed by atoms with Crippen LogP contribution in [0.1, 0.15) is 11.4 Å². The molecule has 0 saturated heterocycles. The topological polar surface area (TPSA) is 78.0 Å². The third kappa shape index (κ3) is 4.19. The van der Waals surface area contributed by atoms with Crippen molar-refractivity contribution in [3.05, 3.63) is 107 Å². The Morgan fingerprint density at radius 1 is 1.03 bits per heavy atom. The fraction of sp³-hybridized carbons (Fsp3) is 0. The largest absolute Gasteiger partial charge is 0.270 e. The lowest BCUT2D eigenvalue weighted by Crippen LogP contribution is -2.22. The summed E-state index contributed by atoms with van der Waals surface area (Å²) >= 11 is 5.58. The number of halogens is 2. The molecule has 6 nitrogen and oxygen atoms in total. The van der Waals surface area contributed by atoms with Gasteiger partial charge in [0.1, 0.15) is 5.82 Å². The van der Waals surface area contributed by atoms with Crippen LogP contribution in [0.25, 0.3) is 28.7 Å². The van der Waals surface area contributed by atoms with Crippen LogP contribution in [0.5, 0.6) is 0 Å². The molecule has 0 radical (unpaired) electrons. The van der Waals surface area contributed by atoms with Crippen LogP contribution in [0.2, 0.25) is 0 Å². The summed E-state index contributed by atoms with van der Waals surface area (Å²) < 4.78 is 3.39. The summed E-state index contributed by atoms with van der Waals surface area (Å²) in [6, 6.07) is 19.2. The van der Waals surface area contributed by atoms with E-state index < -0.39 is 4.92 Å². The van der Waals surface area contributed by atoms with Crippen molar-refractivity contribution in [2.75, 3.05) is 0 Å². The Morgan fingerprint density at radius 3 is 2.53 bits per heavy atom. The van der Waals surface area contributed by atoms with E-state index in [1.165, 1.54) is 12.1 Å². The number of nitro benzene ring substituents is 1. The number of nitro groups is 1. The van der Waals surface area contributed by atoms with Gasteiger partial charge in [-0.15, -0.1) is 0 Å². The van der Waals surface area contributed by atoms with Crippen LogP contribution >= 0.6 is 38.5 Å². The molecule has 0 amide bonds. The number of rotatable bonds is 4. The molecular weight excluding hydrogens is 561 g/mol. The quantitative estimate of drug-likeness (QED) is 0.175. The Morgan fingerprint density at radius 2 is 1.80 bits per heavy atom. The van der Waals surface area contributed by atoms with Crippen LogP contribution < -0.4 is 5.56 Å². The van der Waals surface area contributed by atoms with Crippen molar-refractivity contribution >= 4 is 67.3 Å². The molecule has 0 aliphatic heterocycles. The average molecular weight is 574 g/mol. The normalized spacial score (nSPS) is 11.3. The van der Waals surface area contributed by atoms with Gasteiger partial charge >= 0.3 is 0 Å². The fourth-order valence-electron chi connectivity index (χ4n) is 3.04. The summed E-state index contributed by atoms with van der Waals surface area (Å²) in [6.07, 6.45) is 3.41. The highest BCUT2D eigenvalue weighted by atomic mass is 127. The molecule has 0 saturated carbocycles. The van der Waals surface area contributed by atoms with Crippen LogP contribution in [0.15, 0.2) is 76.0 Å². The first-order valence-corrected chi connectivity index (χ1v) is 10.7. The third-order valence-corrected chi connectivity index (χ3v) is 5.65. The first kappa shape index (κ1) is 20.4. The second-order valence-electron chi connectivity index (χ2n) is 6.43. The van der Waals surface area contributed by atoms with E-state index in [9.17, 15) is 14.9 Å². The second-order valence-corrected chi connectivity index (χ2v) is 8.60. The lowest BCUT2D eigenvalue weighted by atomic mass is 10.2. The second kappa shape index (κ2) is 8.49. The number of aromatic nitrogens is 2. The minimum atomic E-state index is -0.439. The van der Waals surface area contributed by atoms with Gasteiger partial charge in [-0.05, 0) is 76.7 Å². The van der Waals surface area contributed by atoms with Gasteiger partial charge in [-0.25, -0.2) is 4.98 Å². The first-order chi connectivity index (χ1) is 14.4.